The second-order valence-electron chi connectivity index (χ2n) is 3.65. The van der Waals surface area contributed by atoms with Crippen LogP contribution in [-0.2, 0) is 4.79 Å². The van der Waals surface area contributed by atoms with Crippen LogP contribution >= 0.6 is 0 Å². The van der Waals surface area contributed by atoms with Gasteiger partial charge in [-0.2, -0.15) is 0 Å². The first-order valence-corrected chi connectivity index (χ1v) is 5.41. The monoisotopic (exact) mass is 203 g/mol. The lowest BCUT2D eigenvalue weighted by Gasteiger charge is -2.03. The zero-order chi connectivity index (χ0) is 11.4. The van der Waals surface area contributed by atoms with Crippen molar-refractivity contribution in [1.82, 2.24) is 4.90 Å². The third-order valence-electron chi connectivity index (χ3n) is 1.67. The summed E-state index contributed by atoms with van der Waals surface area (Å²) in [4.78, 5) is 12.1. The Hall–Kier alpha value is -0.570. The maximum atomic E-state index is 9.87. The van der Waals surface area contributed by atoms with Gasteiger partial charge in [0.05, 0.1) is 0 Å². The summed E-state index contributed by atoms with van der Waals surface area (Å²) < 4.78 is 0. The zero-order valence-corrected chi connectivity index (χ0v) is 10.0. The maximum absolute atomic E-state index is 9.87. The lowest BCUT2D eigenvalue weighted by Crippen LogP contribution is -2.11. The first-order chi connectivity index (χ1) is 6.54. The molecule has 3 heteroatoms. The van der Waals surface area contributed by atoms with Crippen LogP contribution in [-0.4, -0.2) is 36.6 Å². The van der Waals surface area contributed by atoms with Crippen LogP contribution in [0.1, 0.15) is 46.0 Å². The molecule has 0 saturated heterocycles. The summed E-state index contributed by atoms with van der Waals surface area (Å²) in [5.74, 6) is -0.682. The van der Waals surface area contributed by atoms with Gasteiger partial charge < -0.3 is 10.0 Å². The van der Waals surface area contributed by atoms with Gasteiger partial charge in [-0.15, -0.1) is 0 Å². The Morgan fingerprint density at radius 2 is 1.71 bits per heavy atom. The van der Waals surface area contributed by atoms with Crippen LogP contribution < -0.4 is 0 Å². The average molecular weight is 203 g/mol. The van der Waals surface area contributed by atoms with E-state index in [2.05, 4.69) is 32.8 Å². The van der Waals surface area contributed by atoms with E-state index < -0.39 is 5.97 Å². The highest BCUT2D eigenvalue weighted by Gasteiger charge is 1.92. The molecular weight excluding hydrogens is 178 g/mol. The highest BCUT2D eigenvalue weighted by Crippen LogP contribution is 1.97. The Morgan fingerprint density at radius 1 is 1.14 bits per heavy atom. The molecule has 0 bridgehead atoms. The summed E-state index contributed by atoms with van der Waals surface area (Å²) in [6, 6.07) is 0. The average Bonchev–Trinajstić information content (AvgIpc) is 2.05. The van der Waals surface area contributed by atoms with Crippen molar-refractivity contribution in [3.63, 3.8) is 0 Å². The van der Waals surface area contributed by atoms with Gasteiger partial charge in [0.2, 0.25) is 0 Å². The molecule has 0 atom stereocenters. The Balaban J connectivity index is 0. The van der Waals surface area contributed by atoms with Gasteiger partial charge in [-0.3, -0.25) is 4.79 Å². The minimum atomic E-state index is -0.682. The van der Waals surface area contributed by atoms with E-state index in [1.165, 1.54) is 13.0 Å². The van der Waals surface area contributed by atoms with Gasteiger partial charge in [-0.25, -0.2) is 0 Å². The number of unbranched alkanes of at least 4 members (excludes halogenated alkanes) is 2. The minimum Gasteiger partial charge on any atom is -0.481 e. The SMILES string of the molecule is CCCCCC(=O)O.CCCN(C)C. The number of rotatable bonds is 6. The first kappa shape index (κ1) is 15.9. The molecule has 0 rings (SSSR count). The first-order valence-electron chi connectivity index (χ1n) is 5.41. The molecule has 0 aromatic carbocycles. The van der Waals surface area contributed by atoms with Crippen molar-refractivity contribution in [2.24, 2.45) is 0 Å². The number of nitrogens with zero attached hydrogens (tertiary/aromatic N) is 1. The van der Waals surface area contributed by atoms with Crippen LogP contribution in [0.2, 0.25) is 0 Å². The molecule has 0 spiro atoms. The number of carbonyl (C=O) groups is 1. The van der Waals surface area contributed by atoms with Gasteiger partial charge in [-0.05, 0) is 33.5 Å². The van der Waals surface area contributed by atoms with E-state index in [1.807, 2.05) is 0 Å². The summed E-state index contributed by atoms with van der Waals surface area (Å²) >= 11 is 0. The number of hydrogen-bond donors (Lipinski definition) is 1. The predicted octanol–water partition coefficient (Wildman–Crippen LogP) is 2.61. The van der Waals surface area contributed by atoms with E-state index in [4.69, 9.17) is 5.11 Å². The molecule has 0 amide bonds. The van der Waals surface area contributed by atoms with Crippen molar-refractivity contribution in [1.29, 1.82) is 0 Å². The van der Waals surface area contributed by atoms with Gasteiger partial charge in [-0.1, -0.05) is 26.7 Å². The van der Waals surface area contributed by atoms with Gasteiger partial charge in [0.15, 0.2) is 0 Å². The van der Waals surface area contributed by atoms with Crippen LogP contribution in [0, 0.1) is 0 Å². The summed E-state index contributed by atoms with van der Waals surface area (Å²) in [6.07, 6.45) is 4.53. The van der Waals surface area contributed by atoms with Crippen molar-refractivity contribution in [2.75, 3.05) is 20.6 Å². The van der Waals surface area contributed by atoms with Gasteiger partial charge >= 0.3 is 5.97 Å². The summed E-state index contributed by atoms with van der Waals surface area (Å²) in [5, 5.41) is 8.14. The molecule has 0 aromatic rings. The lowest BCUT2D eigenvalue weighted by atomic mass is 10.2. The van der Waals surface area contributed by atoms with E-state index in [0.29, 0.717) is 6.42 Å². The number of carboxylic acid groups (broad SMARTS) is 1. The molecule has 0 saturated carbocycles. The van der Waals surface area contributed by atoms with Crippen LogP contribution in [0.15, 0.2) is 0 Å². The summed E-state index contributed by atoms with van der Waals surface area (Å²) in [7, 11) is 4.17. The molecule has 0 heterocycles. The van der Waals surface area contributed by atoms with E-state index in [-0.39, 0.29) is 0 Å². The van der Waals surface area contributed by atoms with Crippen molar-refractivity contribution in [2.45, 2.75) is 46.0 Å². The van der Waals surface area contributed by atoms with Crippen LogP contribution in [0.5, 0.6) is 0 Å². The van der Waals surface area contributed by atoms with Crippen molar-refractivity contribution in [3.8, 4) is 0 Å². The fourth-order valence-electron chi connectivity index (χ4n) is 0.973. The highest BCUT2D eigenvalue weighted by molar-refractivity contribution is 5.66. The molecule has 0 aliphatic carbocycles. The maximum Gasteiger partial charge on any atom is 0.303 e. The van der Waals surface area contributed by atoms with E-state index >= 15 is 0 Å². The fraction of sp³-hybridized carbons (Fsp3) is 0.909. The largest absolute Gasteiger partial charge is 0.481 e. The van der Waals surface area contributed by atoms with Crippen molar-refractivity contribution in [3.05, 3.63) is 0 Å². The number of carboxylic acids is 1. The Bertz CT molecular complexity index is 124. The van der Waals surface area contributed by atoms with Gasteiger partial charge in [0, 0.05) is 6.42 Å². The van der Waals surface area contributed by atoms with Gasteiger partial charge in [0.1, 0.15) is 0 Å². The molecule has 1 N–H and O–H groups in total. The zero-order valence-electron chi connectivity index (χ0n) is 10.0. The summed E-state index contributed by atoms with van der Waals surface area (Å²) in [5.41, 5.74) is 0. The molecule has 0 aliphatic rings. The van der Waals surface area contributed by atoms with E-state index in [0.717, 1.165) is 19.3 Å². The van der Waals surface area contributed by atoms with E-state index in [1.54, 1.807) is 0 Å². The van der Waals surface area contributed by atoms with Crippen molar-refractivity contribution < 1.29 is 9.90 Å². The number of hydrogen-bond acceptors (Lipinski definition) is 2. The topological polar surface area (TPSA) is 40.5 Å². The van der Waals surface area contributed by atoms with Gasteiger partial charge in [0.25, 0.3) is 0 Å². The Labute approximate surface area is 88.1 Å². The second-order valence-corrected chi connectivity index (χ2v) is 3.65. The summed E-state index contributed by atoms with van der Waals surface area (Å²) in [6.45, 7) is 5.45. The quantitative estimate of drug-likeness (QED) is 0.675. The van der Waals surface area contributed by atoms with Crippen LogP contribution in [0.3, 0.4) is 0 Å². The third-order valence-corrected chi connectivity index (χ3v) is 1.67. The Morgan fingerprint density at radius 3 is 1.93 bits per heavy atom. The highest BCUT2D eigenvalue weighted by atomic mass is 16.4. The van der Waals surface area contributed by atoms with Crippen LogP contribution in [0.4, 0.5) is 0 Å². The fourth-order valence-corrected chi connectivity index (χ4v) is 0.973. The smallest absolute Gasteiger partial charge is 0.303 e. The van der Waals surface area contributed by atoms with Crippen molar-refractivity contribution >= 4 is 5.97 Å². The molecule has 14 heavy (non-hydrogen) atoms. The molecule has 0 aromatic heterocycles. The standard InChI is InChI=1S/C6H12O2.C5H13N/c1-2-3-4-5-6(7)8;1-4-5-6(2)3/h2-5H2,1H3,(H,7,8);4-5H2,1-3H3. The molecule has 0 fully saturated rings. The predicted molar refractivity (Wildman–Crippen MR) is 60.6 cm³/mol. The number of aliphatic carboxylic acids is 1. The normalized spacial score (nSPS) is 9.50. The molecular formula is C11H25NO2. The van der Waals surface area contributed by atoms with Crippen LogP contribution in [0.25, 0.3) is 0 Å². The Kier molecular flexibility index (Phi) is 14.1. The van der Waals surface area contributed by atoms with E-state index in [9.17, 15) is 4.79 Å². The molecule has 86 valence electrons. The molecule has 0 aliphatic heterocycles. The third kappa shape index (κ3) is 22.5. The lowest BCUT2D eigenvalue weighted by molar-refractivity contribution is -0.137. The minimum absolute atomic E-state index is 0.327. The second kappa shape index (κ2) is 12.4. The molecule has 3 nitrogen and oxygen atoms in total. The molecule has 0 radical (unpaired) electrons. The molecule has 0 unspecified atom stereocenters.